The van der Waals surface area contributed by atoms with Crippen molar-refractivity contribution < 1.29 is 17.9 Å². The number of para-hydroxylation sites is 1. The van der Waals surface area contributed by atoms with Gasteiger partial charge in [0.2, 0.25) is 5.91 Å². The molecular weight excluding hydrogens is 414 g/mol. The number of fused-ring (bicyclic) bond motifs is 1. The monoisotopic (exact) mass is 435 g/mol. The number of nitrogens with one attached hydrogen (secondary N) is 2. The summed E-state index contributed by atoms with van der Waals surface area (Å²) in [6.45, 7) is 3.75. The molecule has 7 nitrogen and oxygen atoms in total. The van der Waals surface area contributed by atoms with Crippen LogP contribution in [0.4, 0.5) is 11.4 Å². The van der Waals surface area contributed by atoms with E-state index in [1.54, 1.807) is 36.4 Å². The van der Waals surface area contributed by atoms with Crippen molar-refractivity contribution in [1.82, 2.24) is 0 Å². The Hall–Kier alpha value is -2.58. The lowest BCUT2D eigenvalue weighted by Crippen LogP contribution is -2.30. The van der Waals surface area contributed by atoms with Gasteiger partial charge in [-0.2, -0.15) is 8.42 Å². The van der Waals surface area contributed by atoms with Crippen molar-refractivity contribution in [3.8, 4) is 5.75 Å². The van der Waals surface area contributed by atoms with Gasteiger partial charge in [-0.1, -0.05) is 37.6 Å². The summed E-state index contributed by atoms with van der Waals surface area (Å²) in [4.78, 5) is 12.7. The number of hydrogen-bond acceptors (Lipinski definition) is 5. The van der Waals surface area contributed by atoms with Crippen molar-refractivity contribution >= 4 is 44.7 Å². The Bertz CT molecular complexity index is 1080. The van der Waals surface area contributed by atoms with Gasteiger partial charge in [-0.3, -0.25) is 4.79 Å². The first-order valence-corrected chi connectivity index (χ1v) is 10.7. The number of carbonyl (C=O) groups is 1. The smallest absolute Gasteiger partial charge is 0.286 e. The lowest BCUT2D eigenvalue weighted by molar-refractivity contribution is -0.117. The van der Waals surface area contributed by atoms with Gasteiger partial charge in [0.05, 0.1) is 18.5 Å². The molecule has 0 saturated carbocycles. The van der Waals surface area contributed by atoms with E-state index in [0.717, 1.165) is 0 Å². The molecule has 0 spiro atoms. The van der Waals surface area contributed by atoms with E-state index in [2.05, 4.69) is 15.0 Å². The van der Waals surface area contributed by atoms with Crippen LogP contribution in [-0.2, 0) is 14.8 Å². The molecule has 2 aromatic rings. The number of anilines is 2. The summed E-state index contributed by atoms with van der Waals surface area (Å²) in [5.74, 6) is 0.568. The van der Waals surface area contributed by atoms with Gasteiger partial charge in [-0.05, 0) is 35.7 Å². The normalized spacial score (nSPS) is 15.0. The zero-order chi connectivity index (χ0) is 21.2. The molecule has 1 aliphatic rings. The van der Waals surface area contributed by atoms with Crippen LogP contribution in [0.5, 0.6) is 5.75 Å². The van der Waals surface area contributed by atoms with E-state index in [4.69, 9.17) is 16.3 Å². The molecule has 0 aromatic heterocycles. The number of halogens is 1. The number of carbonyl (C=O) groups excluding carboxylic acids is 1. The fourth-order valence-corrected chi connectivity index (χ4v) is 4.48. The largest absolute Gasteiger partial charge is 0.495 e. The molecule has 0 unspecified atom stereocenters. The molecule has 2 aromatic carbocycles. The first kappa shape index (κ1) is 21.1. The van der Waals surface area contributed by atoms with Gasteiger partial charge in [0.25, 0.3) is 10.0 Å². The number of sulfonamides is 1. The third-order valence-corrected chi connectivity index (χ3v) is 6.00. The summed E-state index contributed by atoms with van der Waals surface area (Å²) in [7, 11) is -2.25. The van der Waals surface area contributed by atoms with E-state index >= 15 is 0 Å². The van der Waals surface area contributed by atoms with Gasteiger partial charge in [0.1, 0.15) is 16.5 Å². The van der Waals surface area contributed by atoms with Crippen LogP contribution in [0.15, 0.2) is 51.8 Å². The highest BCUT2D eigenvalue weighted by Gasteiger charge is 2.30. The minimum atomic E-state index is -3.76. The van der Waals surface area contributed by atoms with Gasteiger partial charge in [-0.15, -0.1) is 4.40 Å². The lowest BCUT2D eigenvalue weighted by Gasteiger charge is -2.27. The Morgan fingerprint density at radius 2 is 1.97 bits per heavy atom. The summed E-state index contributed by atoms with van der Waals surface area (Å²) in [6, 6.07) is 11.6. The van der Waals surface area contributed by atoms with E-state index in [-0.39, 0.29) is 23.6 Å². The van der Waals surface area contributed by atoms with Crippen LogP contribution in [-0.4, -0.2) is 27.3 Å². The van der Waals surface area contributed by atoms with Crippen LogP contribution >= 0.6 is 11.6 Å². The highest BCUT2D eigenvalue weighted by molar-refractivity contribution is 7.90. The van der Waals surface area contributed by atoms with Crippen LogP contribution < -0.4 is 15.4 Å². The van der Waals surface area contributed by atoms with Crippen molar-refractivity contribution in [2.24, 2.45) is 9.81 Å². The molecule has 1 aliphatic heterocycles. The van der Waals surface area contributed by atoms with Gasteiger partial charge in [0.15, 0.2) is 0 Å². The molecular formula is C20H22ClN3O4S. The molecule has 0 fully saturated rings. The third-order valence-electron chi connectivity index (χ3n) is 4.40. The standard InChI is InChI=1S/C20H22ClN3O4S/c1-20(2,12-19(25)23-15-10-13(21)8-9-16(15)28-3)11-18-22-14-6-4-5-7-17(14)29(26,27)24-18/h4-10H,11-12H2,1-3H3,(H,22,24)(H,23,25). The average molecular weight is 436 g/mol. The number of rotatable bonds is 6. The van der Waals surface area contributed by atoms with Crippen molar-refractivity contribution in [2.45, 2.75) is 31.6 Å². The van der Waals surface area contributed by atoms with Gasteiger partial charge in [0, 0.05) is 17.9 Å². The van der Waals surface area contributed by atoms with Crippen molar-refractivity contribution in [1.29, 1.82) is 0 Å². The van der Waals surface area contributed by atoms with Crippen molar-refractivity contribution in [2.75, 3.05) is 17.7 Å². The maximum absolute atomic E-state index is 12.6. The second-order valence-corrected chi connectivity index (χ2v) is 9.55. The Labute approximate surface area is 175 Å². The van der Waals surface area contributed by atoms with Crippen LogP contribution in [0, 0.1) is 5.41 Å². The van der Waals surface area contributed by atoms with Gasteiger partial charge < -0.3 is 15.4 Å². The number of amides is 1. The van der Waals surface area contributed by atoms with E-state index in [9.17, 15) is 13.2 Å². The predicted octanol–water partition coefficient (Wildman–Crippen LogP) is 4.31. The molecule has 154 valence electrons. The van der Waals surface area contributed by atoms with E-state index < -0.39 is 15.4 Å². The number of benzene rings is 2. The second kappa shape index (κ2) is 8.04. The molecule has 9 heteroatoms. The Balaban J connectivity index is 1.71. The van der Waals surface area contributed by atoms with Crippen LogP contribution in [0.25, 0.3) is 0 Å². The lowest BCUT2D eigenvalue weighted by atomic mass is 9.84. The number of hydrogen-bond donors (Lipinski definition) is 2. The number of nitrogens with zero attached hydrogens (tertiary/aromatic N) is 1. The third kappa shape index (κ3) is 5.07. The zero-order valence-electron chi connectivity index (χ0n) is 16.3. The molecule has 0 atom stereocenters. The fraction of sp³-hybridized carbons (Fsp3) is 0.300. The summed E-state index contributed by atoms with van der Waals surface area (Å²) in [5, 5.41) is 6.34. The molecule has 1 heterocycles. The molecule has 0 radical (unpaired) electrons. The molecule has 0 bridgehead atoms. The topological polar surface area (TPSA) is 96.9 Å². The van der Waals surface area contributed by atoms with Crippen molar-refractivity contribution in [3.63, 3.8) is 0 Å². The number of methoxy groups -OCH3 is 1. The molecule has 3 rings (SSSR count). The minimum Gasteiger partial charge on any atom is -0.495 e. The second-order valence-electron chi connectivity index (χ2n) is 7.54. The van der Waals surface area contributed by atoms with E-state index in [1.807, 2.05) is 13.8 Å². The van der Waals surface area contributed by atoms with E-state index in [1.165, 1.54) is 13.2 Å². The highest BCUT2D eigenvalue weighted by Crippen LogP contribution is 2.33. The Morgan fingerprint density at radius 1 is 1.24 bits per heavy atom. The predicted molar refractivity (Wildman–Crippen MR) is 114 cm³/mol. The maximum Gasteiger partial charge on any atom is 0.286 e. The Kier molecular flexibility index (Phi) is 5.86. The first-order valence-electron chi connectivity index (χ1n) is 8.93. The molecule has 0 saturated heterocycles. The van der Waals surface area contributed by atoms with Gasteiger partial charge in [-0.25, -0.2) is 0 Å². The molecule has 1 amide bonds. The summed E-state index contributed by atoms with van der Waals surface area (Å²) in [5.41, 5.74) is 0.413. The molecule has 29 heavy (non-hydrogen) atoms. The Morgan fingerprint density at radius 3 is 2.69 bits per heavy atom. The summed E-state index contributed by atoms with van der Waals surface area (Å²) >= 11 is 6.00. The SMILES string of the molecule is COc1ccc(Cl)cc1NC(=O)CC(C)(C)CC1=NS(=O)(=O)c2ccccc2N1. The molecule has 2 N–H and O–H groups in total. The highest BCUT2D eigenvalue weighted by atomic mass is 35.5. The van der Waals surface area contributed by atoms with Crippen LogP contribution in [0.3, 0.4) is 0 Å². The van der Waals surface area contributed by atoms with Crippen LogP contribution in [0.1, 0.15) is 26.7 Å². The minimum absolute atomic E-state index is 0.144. The quantitative estimate of drug-likeness (QED) is 0.704. The molecule has 0 aliphatic carbocycles. The maximum atomic E-state index is 12.6. The summed E-state index contributed by atoms with van der Waals surface area (Å²) in [6.07, 6.45) is 0.422. The number of ether oxygens (including phenoxy) is 1. The average Bonchev–Trinajstić information content (AvgIpc) is 2.60. The number of amidine groups is 1. The fourth-order valence-electron chi connectivity index (χ4n) is 3.17. The van der Waals surface area contributed by atoms with Crippen molar-refractivity contribution in [3.05, 3.63) is 47.5 Å². The first-order chi connectivity index (χ1) is 13.6. The zero-order valence-corrected chi connectivity index (χ0v) is 17.9. The summed E-state index contributed by atoms with van der Waals surface area (Å²) < 4.78 is 33.9. The van der Waals surface area contributed by atoms with Gasteiger partial charge >= 0.3 is 0 Å². The van der Waals surface area contributed by atoms with E-state index in [0.29, 0.717) is 28.0 Å². The van der Waals surface area contributed by atoms with Crippen LogP contribution in [0.2, 0.25) is 5.02 Å².